The molecule has 0 saturated heterocycles. The zero-order valence-electron chi connectivity index (χ0n) is 9.80. The van der Waals surface area contributed by atoms with Crippen LogP contribution in [-0.4, -0.2) is 8.42 Å². The summed E-state index contributed by atoms with van der Waals surface area (Å²) in [5, 5.41) is 0. The van der Waals surface area contributed by atoms with Crippen molar-refractivity contribution < 1.29 is 8.42 Å². The smallest absolute Gasteiger partial charge is 0.183 e. The average molecular weight is 266 g/mol. The van der Waals surface area contributed by atoms with Gasteiger partial charge in [0.25, 0.3) is 0 Å². The number of thiophene rings is 1. The number of aryl methyl sites for hydroxylation is 2. The first-order chi connectivity index (χ1) is 7.97. The fourth-order valence-corrected chi connectivity index (χ4v) is 4.15. The lowest BCUT2D eigenvalue weighted by molar-refractivity contribution is 0.595. The van der Waals surface area contributed by atoms with Gasteiger partial charge in [-0.15, -0.1) is 11.3 Å². The van der Waals surface area contributed by atoms with Gasteiger partial charge in [-0.25, -0.2) is 8.42 Å². The maximum absolute atomic E-state index is 12.1. The first kappa shape index (κ1) is 12.3. The van der Waals surface area contributed by atoms with Crippen molar-refractivity contribution in [3.8, 4) is 0 Å². The second-order valence-electron chi connectivity index (χ2n) is 4.08. The van der Waals surface area contributed by atoms with E-state index in [1.54, 1.807) is 12.1 Å². The van der Waals surface area contributed by atoms with Gasteiger partial charge in [0.15, 0.2) is 9.84 Å². The summed E-state index contributed by atoms with van der Waals surface area (Å²) in [5.41, 5.74) is 1.07. The second kappa shape index (κ2) is 4.63. The molecule has 17 heavy (non-hydrogen) atoms. The molecule has 0 bridgehead atoms. The standard InChI is InChI=1S/C13H14O2S2/c1-10-3-7-13(8-4-10)17(14,15)9-12-6-5-11(2)16-12/h3-8H,9H2,1-2H3. The number of hydrogen-bond donors (Lipinski definition) is 0. The van der Waals surface area contributed by atoms with Crippen molar-refractivity contribution in [2.45, 2.75) is 24.5 Å². The average Bonchev–Trinajstić information content (AvgIpc) is 2.63. The van der Waals surface area contributed by atoms with Crippen LogP contribution in [0.4, 0.5) is 0 Å². The van der Waals surface area contributed by atoms with E-state index in [4.69, 9.17) is 0 Å². The van der Waals surface area contributed by atoms with Crippen molar-refractivity contribution in [3.05, 3.63) is 51.7 Å². The second-order valence-corrected chi connectivity index (χ2v) is 7.45. The normalized spacial score (nSPS) is 11.6. The third-order valence-corrected chi connectivity index (χ3v) is 5.37. The van der Waals surface area contributed by atoms with E-state index in [1.807, 2.05) is 38.1 Å². The minimum atomic E-state index is -3.21. The van der Waals surface area contributed by atoms with Gasteiger partial charge >= 0.3 is 0 Å². The lowest BCUT2D eigenvalue weighted by Gasteiger charge is -2.03. The van der Waals surface area contributed by atoms with E-state index >= 15 is 0 Å². The molecule has 0 N–H and O–H groups in total. The van der Waals surface area contributed by atoms with E-state index in [0.717, 1.165) is 15.3 Å². The van der Waals surface area contributed by atoms with Crippen LogP contribution in [0.25, 0.3) is 0 Å². The van der Waals surface area contributed by atoms with Gasteiger partial charge in [0.2, 0.25) is 0 Å². The van der Waals surface area contributed by atoms with Gasteiger partial charge < -0.3 is 0 Å². The number of benzene rings is 1. The molecule has 1 heterocycles. The highest BCUT2D eigenvalue weighted by Crippen LogP contribution is 2.22. The summed E-state index contributed by atoms with van der Waals surface area (Å²) in [7, 11) is -3.21. The lowest BCUT2D eigenvalue weighted by atomic mass is 10.2. The summed E-state index contributed by atoms with van der Waals surface area (Å²) < 4.78 is 24.3. The third-order valence-electron chi connectivity index (χ3n) is 2.51. The van der Waals surface area contributed by atoms with E-state index in [-0.39, 0.29) is 5.75 Å². The number of rotatable bonds is 3. The Kier molecular flexibility index (Phi) is 3.35. The molecule has 0 amide bonds. The molecule has 0 aliphatic rings. The van der Waals surface area contributed by atoms with Crippen LogP contribution in [0.15, 0.2) is 41.3 Å². The van der Waals surface area contributed by atoms with Crippen LogP contribution in [0.1, 0.15) is 15.3 Å². The minimum Gasteiger partial charge on any atom is -0.223 e. The molecule has 0 spiro atoms. The van der Waals surface area contributed by atoms with E-state index in [2.05, 4.69) is 0 Å². The molecular formula is C13H14O2S2. The maximum atomic E-state index is 12.1. The highest BCUT2D eigenvalue weighted by atomic mass is 32.2. The molecule has 1 aromatic heterocycles. The van der Waals surface area contributed by atoms with Gasteiger partial charge in [-0.2, -0.15) is 0 Å². The Balaban J connectivity index is 2.28. The molecule has 0 atom stereocenters. The van der Waals surface area contributed by atoms with E-state index in [9.17, 15) is 8.42 Å². The van der Waals surface area contributed by atoms with Crippen molar-refractivity contribution in [1.29, 1.82) is 0 Å². The lowest BCUT2D eigenvalue weighted by Crippen LogP contribution is -2.03. The predicted molar refractivity (Wildman–Crippen MR) is 71.1 cm³/mol. The molecule has 2 nitrogen and oxygen atoms in total. The molecule has 1 aromatic carbocycles. The number of sulfone groups is 1. The van der Waals surface area contributed by atoms with E-state index in [0.29, 0.717) is 4.90 Å². The fraction of sp³-hybridized carbons (Fsp3) is 0.231. The predicted octanol–water partition coefficient (Wildman–Crippen LogP) is 3.34. The van der Waals surface area contributed by atoms with Gasteiger partial charge in [-0.05, 0) is 38.1 Å². The van der Waals surface area contributed by atoms with Gasteiger partial charge in [-0.1, -0.05) is 17.7 Å². The first-order valence-corrected chi connectivity index (χ1v) is 7.79. The van der Waals surface area contributed by atoms with E-state index in [1.165, 1.54) is 11.3 Å². The van der Waals surface area contributed by atoms with Crippen LogP contribution in [0, 0.1) is 13.8 Å². The summed E-state index contributed by atoms with van der Waals surface area (Å²) >= 11 is 1.53. The van der Waals surface area contributed by atoms with Crippen LogP contribution in [0.2, 0.25) is 0 Å². The molecule has 2 rings (SSSR count). The minimum absolute atomic E-state index is 0.0918. The quantitative estimate of drug-likeness (QED) is 0.854. The number of hydrogen-bond acceptors (Lipinski definition) is 3. The summed E-state index contributed by atoms with van der Waals surface area (Å²) in [5.74, 6) is 0.0918. The van der Waals surface area contributed by atoms with E-state index < -0.39 is 9.84 Å². The highest BCUT2D eigenvalue weighted by molar-refractivity contribution is 7.90. The Morgan fingerprint density at radius 3 is 2.18 bits per heavy atom. The Labute approximate surface area is 106 Å². The zero-order chi connectivity index (χ0) is 12.5. The van der Waals surface area contributed by atoms with Crippen molar-refractivity contribution in [2.75, 3.05) is 0 Å². The van der Waals surface area contributed by atoms with Gasteiger partial charge in [0.1, 0.15) is 0 Å². The van der Waals surface area contributed by atoms with Gasteiger partial charge in [-0.3, -0.25) is 0 Å². The summed E-state index contributed by atoms with van der Waals surface area (Å²) in [6.07, 6.45) is 0. The SMILES string of the molecule is Cc1ccc(S(=O)(=O)Cc2ccc(C)s2)cc1. The molecule has 4 heteroatoms. The molecule has 90 valence electrons. The van der Waals surface area contributed by atoms with Crippen LogP contribution in [0.3, 0.4) is 0 Å². The van der Waals surface area contributed by atoms with Crippen LogP contribution in [0.5, 0.6) is 0 Å². The molecule has 0 fully saturated rings. The molecule has 0 radical (unpaired) electrons. The highest BCUT2D eigenvalue weighted by Gasteiger charge is 2.15. The third kappa shape index (κ3) is 2.96. The fourth-order valence-electron chi connectivity index (χ4n) is 1.58. The Morgan fingerprint density at radius 2 is 1.65 bits per heavy atom. The monoisotopic (exact) mass is 266 g/mol. The summed E-state index contributed by atoms with van der Waals surface area (Å²) in [6.45, 7) is 3.92. The maximum Gasteiger partial charge on any atom is 0.183 e. The summed E-state index contributed by atoms with van der Waals surface area (Å²) in [6, 6.07) is 10.8. The van der Waals surface area contributed by atoms with Crippen molar-refractivity contribution >= 4 is 21.2 Å². The molecule has 2 aromatic rings. The molecule has 0 aliphatic heterocycles. The molecular weight excluding hydrogens is 252 g/mol. The van der Waals surface area contributed by atoms with Crippen molar-refractivity contribution in [2.24, 2.45) is 0 Å². The Morgan fingerprint density at radius 1 is 1.00 bits per heavy atom. The van der Waals surface area contributed by atoms with Crippen molar-refractivity contribution in [3.63, 3.8) is 0 Å². The summed E-state index contributed by atoms with van der Waals surface area (Å²) in [4.78, 5) is 2.43. The molecule has 0 saturated carbocycles. The van der Waals surface area contributed by atoms with Gasteiger partial charge in [0.05, 0.1) is 10.6 Å². The van der Waals surface area contributed by atoms with Crippen molar-refractivity contribution in [1.82, 2.24) is 0 Å². The van der Waals surface area contributed by atoms with Crippen LogP contribution >= 0.6 is 11.3 Å². The largest absolute Gasteiger partial charge is 0.223 e. The van der Waals surface area contributed by atoms with Gasteiger partial charge in [0, 0.05) is 9.75 Å². The Hall–Kier alpha value is -1.13. The molecule has 0 unspecified atom stereocenters. The van der Waals surface area contributed by atoms with Crippen LogP contribution < -0.4 is 0 Å². The molecule has 0 aliphatic carbocycles. The topological polar surface area (TPSA) is 34.1 Å². The Bertz CT molecular complexity index is 607. The zero-order valence-corrected chi connectivity index (χ0v) is 11.4. The first-order valence-electron chi connectivity index (χ1n) is 5.32. The van der Waals surface area contributed by atoms with Crippen LogP contribution in [-0.2, 0) is 15.6 Å².